The first-order valence-electron chi connectivity index (χ1n) is 11.0. The van der Waals surface area contributed by atoms with E-state index >= 15 is 0 Å². The summed E-state index contributed by atoms with van der Waals surface area (Å²) in [5, 5.41) is 1.35. The van der Waals surface area contributed by atoms with Crippen molar-refractivity contribution in [1.82, 2.24) is 19.9 Å². The summed E-state index contributed by atoms with van der Waals surface area (Å²) in [7, 11) is -2.38. The van der Waals surface area contributed by atoms with E-state index in [2.05, 4.69) is 38.4 Å². The summed E-state index contributed by atoms with van der Waals surface area (Å²) in [6, 6.07) is 11.9. The van der Waals surface area contributed by atoms with E-state index in [1.165, 1.54) is 25.6 Å². The van der Waals surface area contributed by atoms with Gasteiger partial charge in [0.15, 0.2) is 17.3 Å². The van der Waals surface area contributed by atoms with Crippen molar-refractivity contribution in [3.05, 3.63) is 55.0 Å². The molecule has 0 spiro atoms. The highest BCUT2D eigenvalue weighted by atomic mass is 32.2. The van der Waals surface area contributed by atoms with Crippen molar-refractivity contribution in [2.45, 2.75) is 18.7 Å². The maximum Gasteiger partial charge on any atom is 0.263 e. The zero-order valence-corrected chi connectivity index (χ0v) is 20.2. The first-order valence-corrected chi connectivity index (χ1v) is 12.5. The Kier molecular flexibility index (Phi) is 7.09. The molecule has 9 nitrogen and oxygen atoms in total. The molecule has 1 N–H and O–H groups in total. The number of hydrogen-bond acceptors (Lipinski definition) is 8. The lowest BCUT2D eigenvalue weighted by Gasteiger charge is -2.19. The van der Waals surface area contributed by atoms with Crippen LogP contribution in [0.5, 0.6) is 11.5 Å². The monoisotopic (exact) mass is 481 g/mol. The minimum atomic E-state index is -3.91. The van der Waals surface area contributed by atoms with Gasteiger partial charge in [-0.25, -0.2) is 18.4 Å². The molecule has 2 aromatic carbocycles. The second-order valence-electron chi connectivity index (χ2n) is 7.58. The van der Waals surface area contributed by atoms with Crippen LogP contribution in [0.4, 0.5) is 5.82 Å². The lowest BCUT2D eigenvalue weighted by Crippen LogP contribution is -2.27. The smallest absolute Gasteiger partial charge is 0.263 e. The molecule has 0 bridgehead atoms. The van der Waals surface area contributed by atoms with Crippen LogP contribution >= 0.6 is 0 Å². The molecule has 2 aromatic heterocycles. The zero-order valence-electron chi connectivity index (χ0n) is 19.4. The van der Waals surface area contributed by atoms with Gasteiger partial charge in [-0.15, -0.1) is 0 Å². The second-order valence-corrected chi connectivity index (χ2v) is 9.26. The Hall–Kier alpha value is -3.50. The number of sulfonamides is 1. The van der Waals surface area contributed by atoms with Gasteiger partial charge in [0.25, 0.3) is 10.0 Å². The molecule has 178 valence electrons. The lowest BCUT2D eigenvalue weighted by atomic mass is 10.2. The Morgan fingerprint density at radius 1 is 0.971 bits per heavy atom. The van der Waals surface area contributed by atoms with E-state index in [9.17, 15) is 8.42 Å². The van der Waals surface area contributed by atoms with E-state index in [0.29, 0.717) is 34.5 Å². The third-order valence-corrected chi connectivity index (χ3v) is 6.94. The summed E-state index contributed by atoms with van der Waals surface area (Å²) in [6.07, 6.45) is 2.94. The highest BCUT2D eigenvalue weighted by Crippen LogP contribution is 2.34. The van der Waals surface area contributed by atoms with Gasteiger partial charge in [0.1, 0.15) is 12.9 Å². The second kappa shape index (κ2) is 10.2. The number of nitrogens with one attached hydrogen (secondary N) is 1. The van der Waals surface area contributed by atoms with Crippen LogP contribution in [0.3, 0.4) is 0 Å². The quantitative estimate of drug-likeness (QED) is 0.365. The first-order chi connectivity index (χ1) is 16.4. The van der Waals surface area contributed by atoms with Crippen molar-refractivity contribution in [1.29, 1.82) is 0 Å². The van der Waals surface area contributed by atoms with Crippen LogP contribution in [0.25, 0.3) is 21.8 Å². The Morgan fingerprint density at radius 2 is 1.79 bits per heavy atom. The number of benzene rings is 2. The average Bonchev–Trinajstić information content (AvgIpc) is 2.86. The lowest BCUT2D eigenvalue weighted by molar-refractivity contribution is 0.217. The highest BCUT2D eigenvalue weighted by molar-refractivity contribution is 7.92. The molecule has 10 heteroatoms. The van der Waals surface area contributed by atoms with Crippen molar-refractivity contribution in [3.8, 4) is 11.5 Å². The van der Waals surface area contributed by atoms with Gasteiger partial charge in [-0.1, -0.05) is 26.0 Å². The van der Waals surface area contributed by atoms with Gasteiger partial charge in [-0.05, 0) is 37.4 Å². The maximum absolute atomic E-state index is 13.1. The predicted octanol–water partition coefficient (Wildman–Crippen LogP) is 3.71. The van der Waals surface area contributed by atoms with Gasteiger partial charge in [-0.3, -0.25) is 9.71 Å². The number of ether oxygens (including phenoxy) is 2. The number of fused-ring (bicyclic) bond motifs is 2. The van der Waals surface area contributed by atoms with Crippen LogP contribution in [-0.2, 0) is 10.0 Å². The number of methoxy groups -OCH3 is 1. The Morgan fingerprint density at radius 3 is 2.56 bits per heavy atom. The number of aromatic nitrogens is 3. The van der Waals surface area contributed by atoms with Crippen LogP contribution in [0.1, 0.15) is 13.8 Å². The summed E-state index contributed by atoms with van der Waals surface area (Å²) in [6.45, 7) is 7.37. The number of rotatable bonds is 10. The maximum atomic E-state index is 13.1. The summed E-state index contributed by atoms with van der Waals surface area (Å²) >= 11 is 0. The fourth-order valence-corrected chi connectivity index (χ4v) is 4.69. The van der Waals surface area contributed by atoms with Crippen molar-refractivity contribution in [3.63, 3.8) is 0 Å². The third kappa shape index (κ3) is 5.02. The van der Waals surface area contributed by atoms with Gasteiger partial charge >= 0.3 is 0 Å². The fraction of sp³-hybridized carbons (Fsp3) is 0.292. The van der Waals surface area contributed by atoms with Crippen molar-refractivity contribution < 1.29 is 17.9 Å². The Labute approximate surface area is 198 Å². The predicted molar refractivity (Wildman–Crippen MR) is 132 cm³/mol. The molecule has 0 amide bonds. The van der Waals surface area contributed by atoms with E-state index < -0.39 is 10.0 Å². The molecule has 4 rings (SSSR count). The topological polar surface area (TPSA) is 107 Å². The van der Waals surface area contributed by atoms with Crippen molar-refractivity contribution in [2.24, 2.45) is 0 Å². The number of nitrogens with zero attached hydrogens (tertiary/aromatic N) is 4. The van der Waals surface area contributed by atoms with E-state index in [0.717, 1.165) is 25.0 Å². The Bertz CT molecular complexity index is 1410. The zero-order chi connectivity index (χ0) is 24.1. The molecule has 0 fully saturated rings. The van der Waals surface area contributed by atoms with E-state index in [1.807, 2.05) is 6.07 Å². The average molecular weight is 482 g/mol. The third-order valence-electron chi connectivity index (χ3n) is 5.60. The van der Waals surface area contributed by atoms with E-state index in [1.54, 1.807) is 30.5 Å². The molecule has 0 atom stereocenters. The largest absolute Gasteiger partial charge is 0.493 e. The molecule has 4 aromatic rings. The molecule has 0 radical (unpaired) electrons. The molecule has 0 aliphatic rings. The Balaban J connectivity index is 1.63. The van der Waals surface area contributed by atoms with Crippen LogP contribution in [0.15, 0.2) is 59.9 Å². The molecular weight excluding hydrogens is 454 g/mol. The molecule has 0 unspecified atom stereocenters. The van der Waals surface area contributed by atoms with Crippen molar-refractivity contribution >= 4 is 37.6 Å². The standard InChI is InChI=1S/C24H27N5O4S/c1-4-29(5-2)11-12-33-23-15-21-19(14-22(23)32-3)24(27-16-26-21)28-34(30,31)18-9-8-17-7-6-10-25-20(17)13-18/h6-10,13-16H,4-5,11-12H2,1-3H3,(H,26,27,28). The fourth-order valence-electron chi connectivity index (χ4n) is 3.64. The van der Waals surface area contributed by atoms with Crippen LogP contribution < -0.4 is 14.2 Å². The summed E-state index contributed by atoms with van der Waals surface area (Å²) in [5.74, 6) is 1.16. The molecule has 2 heterocycles. The molecule has 0 saturated heterocycles. The SMILES string of the molecule is CCN(CC)CCOc1cc2ncnc(NS(=O)(=O)c3ccc4cccnc4c3)c2cc1OC. The van der Waals surface area contributed by atoms with Gasteiger partial charge in [0, 0.05) is 29.6 Å². The normalized spacial score (nSPS) is 11.8. The summed E-state index contributed by atoms with van der Waals surface area (Å²) in [4.78, 5) is 15.1. The van der Waals surface area contributed by atoms with Crippen LogP contribution in [0.2, 0.25) is 0 Å². The number of likely N-dealkylation sites (N-methyl/N-ethyl adjacent to an activating group) is 1. The highest BCUT2D eigenvalue weighted by Gasteiger charge is 2.19. The van der Waals surface area contributed by atoms with Gasteiger partial charge in [0.2, 0.25) is 0 Å². The van der Waals surface area contributed by atoms with Crippen LogP contribution in [-0.4, -0.2) is 61.6 Å². The molecule has 0 saturated carbocycles. The summed E-state index contributed by atoms with van der Waals surface area (Å²) < 4.78 is 40.3. The molecule has 0 aliphatic carbocycles. The number of pyridine rings is 1. The number of hydrogen-bond donors (Lipinski definition) is 1. The minimum Gasteiger partial charge on any atom is -0.493 e. The minimum absolute atomic E-state index is 0.0915. The number of anilines is 1. The van der Waals surface area contributed by atoms with Gasteiger partial charge < -0.3 is 14.4 Å². The molecular formula is C24H27N5O4S. The molecule has 0 aliphatic heterocycles. The molecule has 34 heavy (non-hydrogen) atoms. The first kappa shape index (κ1) is 23.7. The van der Waals surface area contributed by atoms with E-state index in [-0.39, 0.29) is 10.7 Å². The van der Waals surface area contributed by atoms with Crippen molar-refractivity contribution in [2.75, 3.05) is 38.1 Å². The summed E-state index contributed by atoms with van der Waals surface area (Å²) in [5.41, 5.74) is 1.12. The van der Waals surface area contributed by atoms with Gasteiger partial charge in [0.05, 0.1) is 23.0 Å². The van der Waals surface area contributed by atoms with E-state index in [4.69, 9.17) is 9.47 Å². The van der Waals surface area contributed by atoms with Gasteiger partial charge in [-0.2, -0.15) is 0 Å². The van der Waals surface area contributed by atoms with Crippen LogP contribution in [0, 0.1) is 0 Å².